The molecule has 0 fully saturated rings. The second kappa shape index (κ2) is 8.96. The molecule has 0 aliphatic heterocycles. The molecule has 164 valence electrons. The lowest BCUT2D eigenvalue weighted by Gasteiger charge is -2.15. The molecule has 4 aromatic rings. The average Bonchev–Trinajstić information content (AvgIpc) is 3.44. The Bertz CT molecular complexity index is 1340. The summed E-state index contributed by atoms with van der Waals surface area (Å²) < 4.78 is 6.95. The number of thiophene rings is 1. The zero-order chi connectivity index (χ0) is 22.1. The lowest BCUT2D eigenvalue weighted by molar-refractivity contribution is -0.118. The molecule has 0 radical (unpaired) electrons. The van der Waals surface area contributed by atoms with Gasteiger partial charge in [-0.15, -0.1) is 11.3 Å². The zero-order valence-electron chi connectivity index (χ0n) is 17.7. The van der Waals surface area contributed by atoms with Crippen LogP contribution >= 0.6 is 23.1 Å². The van der Waals surface area contributed by atoms with E-state index in [0.29, 0.717) is 17.5 Å². The van der Waals surface area contributed by atoms with Gasteiger partial charge in [0.05, 0.1) is 29.6 Å². The van der Waals surface area contributed by atoms with Crippen molar-refractivity contribution >= 4 is 39.2 Å². The second-order valence-corrected chi connectivity index (χ2v) is 9.88. The number of nitrogens with one attached hydrogen (secondary N) is 1. The number of carbonyl (C=O) groups excluding carboxylic acids is 1. The molecule has 0 bridgehead atoms. The Hall–Kier alpha value is -2.84. The number of carbonyl (C=O) groups is 1. The number of nitrogens with zero attached hydrogens (tertiary/aromatic N) is 2. The molecule has 8 heteroatoms. The fourth-order valence-electron chi connectivity index (χ4n) is 4.09. The molecular formula is C24H23N3O3S2. The molecule has 0 unspecified atom stereocenters. The Balaban J connectivity index is 1.52. The quantitative estimate of drug-likeness (QED) is 0.332. The van der Waals surface area contributed by atoms with E-state index in [4.69, 9.17) is 9.40 Å². The maximum atomic E-state index is 13.8. The summed E-state index contributed by atoms with van der Waals surface area (Å²) in [4.78, 5) is 33.2. The number of hydrogen-bond acceptors (Lipinski definition) is 6. The molecule has 0 spiro atoms. The van der Waals surface area contributed by atoms with Crippen molar-refractivity contribution in [3.8, 4) is 5.69 Å². The van der Waals surface area contributed by atoms with Crippen LogP contribution in [-0.4, -0.2) is 21.2 Å². The zero-order valence-corrected chi connectivity index (χ0v) is 19.4. The molecule has 3 heterocycles. The number of para-hydroxylation sites is 1. The molecule has 3 aromatic heterocycles. The number of benzene rings is 1. The number of amides is 1. The minimum absolute atomic E-state index is 0.0396. The average molecular weight is 466 g/mol. The van der Waals surface area contributed by atoms with Crippen LogP contribution in [0, 0.1) is 6.92 Å². The highest BCUT2D eigenvalue weighted by molar-refractivity contribution is 7.99. The van der Waals surface area contributed by atoms with E-state index < -0.39 is 0 Å². The highest BCUT2D eigenvalue weighted by Crippen LogP contribution is 2.35. The smallest absolute Gasteiger partial charge is 0.267 e. The molecule has 1 N–H and O–H groups in total. The van der Waals surface area contributed by atoms with Gasteiger partial charge in [0.25, 0.3) is 5.56 Å². The number of thioether (sulfide) groups is 1. The van der Waals surface area contributed by atoms with Gasteiger partial charge < -0.3 is 9.73 Å². The van der Waals surface area contributed by atoms with Crippen molar-refractivity contribution in [2.24, 2.45) is 0 Å². The number of rotatable bonds is 6. The van der Waals surface area contributed by atoms with Gasteiger partial charge in [-0.3, -0.25) is 14.2 Å². The normalized spacial score (nSPS) is 13.3. The van der Waals surface area contributed by atoms with Crippen molar-refractivity contribution in [1.29, 1.82) is 0 Å². The highest BCUT2D eigenvalue weighted by atomic mass is 32.2. The maximum Gasteiger partial charge on any atom is 0.267 e. The van der Waals surface area contributed by atoms with Crippen molar-refractivity contribution in [1.82, 2.24) is 14.9 Å². The van der Waals surface area contributed by atoms with Crippen LogP contribution < -0.4 is 10.9 Å². The summed E-state index contributed by atoms with van der Waals surface area (Å²) in [6.07, 6.45) is 5.79. The Kier molecular flexibility index (Phi) is 5.89. The van der Waals surface area contributed by atoms with Crippen molar-refractivity contribution in [3.05, 3.63) is 74.8 Å². The topological polar surface area (TPSA) is 77.1 Å². The van der Waals surface area contributed by atoms with E-state index in [-0.39, 0.29) is 17.2 Å². The first-order chi connectivity index (χ1) is 15.6. The number of aromatic nitrogens is 2. The third-order valence-corrected chi connectivity index (χ3v) is 7.81. The van der Waals surface area contributed by atoms with Crippen LogP contribution in [0.4, 0.5) is 0 Å². The van der Waals surface area contributed by atoms with Gasteiger partial charge in [-0.25, -0.2) is 4.98 Å². The van der Waals surface area contributed by atoms with Crippen molar-refractivity contribution < 1.29 is 9.21 Å². The number of furan rings is 1. The molecule has 0 atom stereocenters. The second-order valence-electron chi connectivity index (χ2n) is 7.86. The van der Waals surface area contributed by atoms with Crippen LogP contribution in [0.2, 0.25) is 0 Å². The lowest BCUT2D eigenvalue weighted by Crippen LogP contribution is -2.26. The van der Waals surface area contributed by atoms with Gasteiger partial charge in [-0.1, -0.05) is 30.0 Å². The van der Waals surface area contributed by atoms with Crippen LogP contribution in [-0.2, 0) is 24.2 Å². The summed E-state index contributed by atoms with van der Waals surface area (Å²) >= 11 is 2.91. The third-order valence-electron chi connectivity index (χ3n) is 5.69. The third kappa shape index (κ3) is 4.00. The number of hydrogen-bond donors (Lipinski definition) is 1. The minimum Gasteiger partial charge on any atom is -0.467 e. The number of fused-ring (bicyclic) bond motifs is 3. The monoisotopic (exact) mass is 465 g/mol. The van der Waals surface area contributed by atoms with Gasteiger partial charge in [0.2, 0.25) is 5.91 Å². The molecule has 0 saturated heterocycles. The summed E-state index contributed by atoms with van der Waals surface area (Å²) in [5, 5.41) is 4.15. The Morgan fingerprint density at radius 3 is 2.88 bits per heavy atom. The van der Waals surface area contributed by atoms with E-state index in [9.17, 15) is 9.59 Å². The van der Waals surface area contributed by atoms with Crippen molar-refractivity contribution in [2.45, 2.75) is 44.3 Å². The van der Waals surface area contributed by atoms with Gasteiger partial charge in [0.15, 0.2) is 5.16 Å². The summed E-state index contributed by atoms with van der Waals surface area (Å²) in [5.41, 5.74) is 2.93. The standard InChI is InChI=1S/C24H23N3O3S2/c1-15-7-2-4-10-18(15)27-23(29)21-17-9-3-5-11-19(17)32-22(21)26-24(27)31-14-20(28)25-13-16-8-6-12-30-16/h2,4,6-8,10,12H,3,5,9,11,13-14H2,1H3,(H,25,28). The first kappa shape index (κ1) is 21.0. The maximum absolute atomic E-state index is 13.8. The molecule has 0 saturated carbocycles. The molecule has 1 aromatic carbocycles. The number of aryl methyl sites for hydroxylation is 3. The molecule has 1 aliphatic carbocycles. The van der Waals surface area contributed by atoms with E-state index in [2.05, 4.69) is 5.32 Å². The molecule has 6 nitrogen and oxygen atoms in total. The first-order valence-corrected chi connectivity index (χ1v) is 12.5. The summed E-state index contributed by atoms with van der Waals surface area (Å²) in [6, 6.07) is 11.4. The first-order valence-electron chi connectivity index (χ1n) is 10.7. The lowest BCUT2D eigenvalue weighted by atomic mass is 9.97. The van der Waals surface area contributed by atoms with Crippen LogP contribution in [0.25, 0.3) is 15.9 Å². The SMILES string of the molecule is Cc1ccccc1-n1c(SCC(=O)NCc2ccco2)nc2sc3c(c2c1=O)CCCC3. The van der Waals surface area contributed by atoms with Crippen LogP contribution in [0.3, 0.4) is 0 Å². The van der Waals surface area contributed by atoms with E-state index in [0.717, 1.165) is 47.2 Å². The molecule has 5 rings (SSSR count). The molecular weight excluding hydrogens is 442 g/mol. The van der Waals surface area contributed by atoms with Crippen LogP contribution in [0.1, 0.15) is 34.6 Å². The van der Waals surface area contributed by atoms with E-state index in [1.54, 1.807) is 28.2 Å². The summed E-state index contributed by atoms with van der Waals surface area (Å²) in [5.74, 6) is 0.724. The van der Waals surface area contributed by atoms with E-state index >= 15 is 0 Å². The summed E-state index contributed by atoms with van der Waals surface area (Å²) in [7, 11) is 0. The van der Waals surface area contributed by atoms with Gasteiger partial charge >= 0.3 is 0 Å². The van der Waals surface area contributed by atoms with Gasteiger partial charge in [-0.2, -0.15) is 0 Å². The Labute approximate surface area is 193 Å². The largest absolute Gasteiger partial charge is 0.467 e. The van der Waals surface area contributed by atoms with Gasteiger partial charge in [0.1, 0.15) is 10.6 Å². The fourth-order valence-corrected chi connectivity index (χ4v) is 6.23. The molecule has 32 heavy (non-hydrogen) atoms. The Morgan fingerprint density at radius 1 is 1.22 bits per heavy atom. The fraction of sp³-hybridized carbons (Fsp3) is 0.292. The predicted molar refractivity (Wildman–Crippen MR) is 128 cm³/mol. The highest BCUT2D eigenvalue weighted by Gasteiger charge is 2.23. The Morgan fingerprint density at radius 2 is 2.06 bits per heavy atom. The molecule has 1 amide bonds. The minimum atomic E-state index is -0.137. The van der Waals surface area contributed by atoms with Gasteiger partial charge in [0, 0.05) is 4.88 Å². The van der Waals surface area contributed by atoms with Crippen molar-refractivity contribution in [2.75, 3.05) is 5.75 Å². The molecule has 1 aliphatic rings. The van der Waals surface area contributed by atoms with E-state index in [1.165, 1.54) is 22.2 Å². The van der Waals surface area contributed by atoms with Crippen LogP contribution in [0.15, 0.2) is 57.0 Å². The summed E-state index contributed by atoms with van der Waals surface area (Å²) in [6.45, 7) is 2.32. The predicted octanol–water partition coefficient (Wildman–Crippen LogP) is 4.64. The van der Waals surface area contributed by atoms with Gasteiger partial charge in [-0.05, 0) is 61.9 Å². The van der Waals surface area contributed by atoms with Crippen LogP contribution in [0.5, 0.6) is 0 Å². The van der Waals surface area contributed by atoms with Crippen molar-refractivity contribution in [3.63, 3.8) is 0 Å². The van der Waals surface area contributed by atoms with E-state index in [1.807, 2.05) is 37.3 Å².